The van der Waals surface area contributed by atoms with Crippen molar-refractivity contribution in [3.05, 3.63) is 70.2 Å². The second-order valence-corrected chi connectivity index (χ2v) is 6.81. The Balaban J connectivity index is 1.68. The molecule has 6 heteroatoms. The van der Waals surface area contributed by atoms with Gasteiger partial charge in [0.05, 0.1) is 12.1 Å². The lowest BCUT2D eigenvalue weighted by Gasteiger charge is -2.05. The lowest BCUT2D eigenvalue weighted by Crippen LogP contribution is -2.14. The van der Waals surface area contributed by atoms with Gasteiger partial charge < -0.3 is 5.32 Å². The van der Waals surface area contributed by atoms with E-state index < -0.39 is 0 Å². The summed E-state index contributed by atoms with van der Waals surface area (Å²) in [6.45, 7) is 1.49. The second kappa shape index (κ2) is 7.59. The summed E-state index contributed by atoms with van der Waals surface area (Å²) >= 11 is 7.47. The van der Waals surface area contributed by atoms with Gasteiger partial charge in [-0.15, -0.1) is 11.3 Å². The van der Waals surface area contributed by atoms with Crippen LogP contribution in [0.3, 0.4) is 0 Å². The predicted octanol–water partition coefficient (Wildman–Crippen LogP) is 4.85. The standard InChI is InChI=1S/C19H15ClN2O2S/c1-12(23)13-4-3-7-16(9-13)21-18(24)10-17-11-25-19(22-17)14-5-2-6-15(20)8-14/h2-9,11H,10H2,1H3,(H,21,24). The summed E-state index contributed by atoms with van der Waals surface area (Å²) in [6, 6.07) is 14.3. The lowest BCUT2D eigenvalue weighted by atomic mass is 10.1. The quantitative estimate of drug-likeness (QED) is 0.653. The molecule has 0 aliphatic carbocycles. The van der Waals surface area contributed by atoms with Gasteiger partial charge in [-0.3, -0.25) is 9.59 Å². The molecule has 0 aliphatic rings. The highest BCUT2D eigenvalue weighted by Gasteiger charge is 2.10. The Bertz CT molecular complexity index is 936. The SMILES string of the molecule is CC(=O)c1cccc(NC(=O)Cc2csc(-c3cccc(Cl)c3)n2)c1. The molecule has 1 amide bonds. The van der Waals surface area contributed by atoms with E-state index in [0.717, 1.165) is 10.6 Å². The Morgan fingerprint density at radius 3 is 2.72 bits per heavy atom. The highest BCUT2D eigenvalue weighted by Crippen LogP contribution is 2.26. The van der Waals surface area contributed by atoms with E-state index in [0.29, 0.717) is 22.0 Å². The summed E-state index contributed by atoms with van der Waals surface area (Å²) < 4.78 is 0. The maximum absolute atomic E-state index is 12.2. The largest absolute Gasteiger partial charge is 0.326 e. The fourth-order valence-electron chi connectivity index (χ4n) is 2.33. The average Bonchev–Trinajstić information content (AvgIpc) is 3.03. The third-order valence-electron chi connectivity index (χ3n) is 3.52. The average molecular weight is 371 g/mol. The van der Waals surface area contributed by atoms with Crippen molar-refractivity contribution in [3.8, 4) is 10.6 Å². The van der Waals surface area contributed by atoms with Crippen molar-refractivity contribution in [1.29, 1.82) is 0 Å². The van der Waals surface area contributed by atoms with Gasteiger partial charge in [-0.1, -0.05) is 35.9 Å². The van der Waals surface area contributed by atoms with Crippen molar-refractivity contribution in [2.75, 3.05) is 5.32 Å². The van der Waals surface area contributed by atoms with E-state index in [1.54, 1.807) is 24.3 Å². The monoisotopic (exact) mass is 370 g/mol. The van der Waals surface area contributed by atoms with E-state index in [1.807, 2.05) is 29.6 Å². The second-order valence-electron chi connectivity index (χ2n) is 5.52. The first-order valence-electron chi connectivity index (χ1n) is 7.62. The van der Waals surface area contributed by atoms with Crippen molar-refractivity contribution < 1.29 is 9.59 Å². The van der Waals surface area contributed by atoms with E-state index >= 15 is 0 Å². The number of benzene rings is 2. The number of rotatable bonds is 5. The van der Waals surface area contributed by atoms with Crippen molar-refractivity contribution in [3.63, 3.8) is 0 Å². The Morgan fingerprint density at radius 1 is 1.16 bits per heavy atom. The molecule has 1 N–H and O–H groups in total. The number of carbonyl (C=O) groups excluding carboxylic acids is 2. The zero-order valence-corrected chi connectivity index (χ0v) is 15.0. The van der Waals surface area contributed by atoms with Crippen molar-refractivity contribution in [2.24, 2.45) is 0 Å². The Hall–Kier alpha value is -2.50. The summed E-state index contributed by atoms with van der Waals surface area (Å²) in [7, 11) is 0. The minimum atomic E-state index is -0.177. The minimum Gasteiger partial charge on any atom is -0.326 e. The van der Waals surface area contributed by atoms with Crippen LogP contribution in [0.5, 0.6) is 0 Å². The van der Waals surface area contributed by atoms with E-state index in [1.165, 1.54) is 18.3 Å². The molecule has 0 fully saturated rings. The zero-order valence-electron chi connectivity index (χ0n) is 13.5. The summed E-state index contributed by atoms with van der Waals surface area (Å²) in [5.41, 5.74) is 2.79. The molecule has 1 heterocycles. The maximum atomic E-state index is 12.2. The molecule has 25 heavy (non-hydrogen) atoms. The Labute approximate surface area is 154 Å². The lowest BCUT2D eigenvalue weighted by molar-refractivity contribution is -0.115. The molecule has 0 bridgehead atoms. The van der Waals surface area contributed by atoms with Crippen LogP contribution in [0.4, 0.5) is 5.69 Å². The van der Waals surface area contributed by atoms with Crippen LogP contribution >= 0.6 is 22.9 Å². The number of Topliss-reactive ketones (excluding diaryl/α,β-unsaturated/α-hetero) is 1. The van der Waals surface area contributed by atoms with Gasteiger partial charge >= 0.3 is 0 Å². The maximum Gasteiger partial charge on any atom is 0.230 e. The number of anilines is 1. The number of ketones is 1. The molecule has 3 rings (SSSR count). The van der Waals surface area contributed by atoms with Crippen LogP contribution in [-0.2, 0) is 11.2 Å². The first kappa shape index (κ1) is 17.3. The molecule has 0 radical (unpaired) electrons. The molecular weight excluding hydrogens is 356 g/mol. The molecule has 0 unspecified atom stereocenters. The number of aromatic nitrogens is 1. The number of halogens is 1. The van der Waals surface area contributed by atoms with Gasteiger partial charge in [0, 0.05) is 27.2 Å². The summed E-state index contributed by atoms with van der Waals surface area (Å²) in [5.74, 6) is -0.217. The first-order chi connectivity index (χ1) is 12.0. The molecule has 2 aromatic carbocycles. The van der Waals surface area contributed by atoms with Crippen LogP contribution in [0.1, 0.15) is 23.0 Å². The molecule has 0 saturated carbocycles. The number of carbonyl (C=O) groups is 2. The van der Waals surface area contributed by atoms with Crippen LogP contribution in [-0.4, -0.2) is 16.7 Å². The molecule has 0 aliphatic heterocycles. The number of thiazole rings is 1. The topological polar surface area (TPSA) is 59.1 Å². The number of nitrogens with zero attached hydrogens (tertiary/aromatic N) is 1. The summed E-state index contributed by atoms with van der Waals surface area (Å²) in [6.07, 6.45) is 0.168. The summed E-state index contributed by atoms with van der Waals surface area (Å²) in [5, 5.41) is 6.13. The normalized spacial score (nSPS) is 10.5. The third kappa shape index (κ3) is 4.53. The molecule has 1 aromatic heterocycles. The molecule has 0 saturated heterocycles. The molecule has 0 atom stereocenters. The fraction of sp³-hybridized carbons (Fsp3) is 0.105. The van der Waals surface area contributed by atoms with E-state index in [-0.39, 0.29) is 18.1 Å². The molecular formula is C19H15ClN2O2S. The van der Waals surface area contributed by atoms with Gasteiger partial charge in [0.2, 0.25) is 5.91 Å². The smallest absolute Gasteiger partial charge is 0.230 e. The van der Waals surface area contributed by atoms with E-state index in [9.17, 15) is 9.59 Å². The predicted molar refractivity (Wildman–Crippen MR) is 101 cm³/mol. The van der Waals surface area contributed by atoms with Gasteiger partial charge in [-0.2, -0.15) is 0 Å². The molecule has 0 spiro atoms. The number of amides is 1. The minimum absolute atomic E-state index is 0.0400. The van der Waals surface area contributed by atoms with Crippen molar-refractivity contribution >= 4 is 40.3 Å². The number of nitrogens with one attached hydrogen (secondary N) is 1. The van der Waals surface area contributed by atoms with Gasteiger partial charge in [0.1, 0.15) is 5.01 Å². The van der Waals surface area contributed by atoms with E-state index in [4.69, 9.17) is 11.6 Å². The molecule has 126 valence electrons. The van der Waals surface area contributed by atoms with Crippen LogP contribution in [0.2, 0.25) is 5.02 Å². The Kier molecular flexibility index (Phi) is 5.26. The fourth-order valence-corrected chi connectivity index (χ4v) is 3.33. The molecule has 3 aromatic rings. The highest BCUT2D eigenvalue weighted by atomic mass is 35.5. The van der Waals surface area contributed by atoms with Crippen molar-refractivity contribution in [2.45, 2.75) is 13.3 Å². The van der Waals surface area contributed by atoms with Crippen LogP contribution in [0.15, 0.2) is 53.9 Å². The third-order valence-corrected chi connectivity index (χ3v) is 4.69. The van der Waals surface area contributed by atoms with E-state index in [2.05, 4.69) is 10.3 Å². The van der Waals surface area contributed by atoms with Crippen molar-refractivity contribution in [1.82, 2.24) is 4.98 Å². The Morgan fingerprint density at radius 2 is 1.96 bits per heavy atom. The zero-order chi connectivity index (χ0) is 17.8. The first-order valence-corrected chi connectivity index (χ1v) is 8.88. The van der Waals surface area contributed by atoms with Crippen LogP contribution in [0.25, 0.3) is 10.6 Å². The van der Waals surface area contributed by atoms with Crippen LogP contribution in [0, 0.1) is 0 Å². The highest BCUT2D eigenvalue weighted by molar-refractivity contribution is 7.13. The number of hydrogen-bond donors (Lipinski definition) is 1. The molecule has 4 nitrogen and oxygen atoms in total. The number of hydrogen-bond acceptors (Lipinski definition) is 4. The van der Waals surface area contributed by atoms with Gasteiger partial charge in [-0.05, 0) is 31.2 Å². The van der Waals surface area contributed by atoms with Gasteiger partial charge in [-0.25, -0.2) is 4.98 Å². The van der Waals surface area contributed by atoms with Gasteiger partial charge in [0.15, 0.2) is 5.78 Å². The van der Waals surface area contributed by atoms with Gasteiger partial charge in [0.25, 0.3) is 0 Å². The summed E-state index contributed by atoms with van der Waals surface area (Å²) in [4.78, 5) is 28.1. The van der Waals surface area contributed by atoms with Crippen LogP contribution < -0.4 is 5.32 Å².